The van der Waals surface area contributed by atoms with Gasteiger partial charge in [-0.05, 0) is 57.6 Å². The Bertz CT molecular complexity index is 923. The highest BCUT2D eigenvalue weighted by Gasteiger charge is 2.33. The highest BCUT2D eigenvalue weighted by molar-refractivity contribution is 7.98. The molecule has 1 aliphatic heterocycles. The van der Waals surface area contributed by atoms with Gasteiger partial charge in [-0.2, -0.15) is 4.37 Å². The average Bonchev–Trinajstić information content (AvgIpc) is 3.35. The van der Waals surface area contributed by atoms with Crippen LogP contribution in [0.3, 0.4) is 0 Å². The monoisotopic (exact) mass is 448 g/mol. The number of benzene rings is 1. The third-order valence-corrected chi connectivity index (χ3v) is 6.20. The Hall–Kier alpha value is -2.13. The van der Waals surface area contributed by atoms with E-state index in [2.05, 4.69) is 14.7 Å². The molecule has 1 aromatic heterocycles. The lowest BCUT2D eigenvalue weighted by molar-refractivity contribution is 0.0224. The molecule has 9 heteroatoms. The van der Waals surface area contributed by atoms with Crippen LogP contribution in [-0.4, -0.2) is 44.7 Å². The minimum Gasteiger partial charge on any atom is -0.444 e. The molecule has 1 aromatic carbocycles. The molecule has 3 rings (SSSR count). The van der Waals surface area contributed by atoms with Crippen LogP contribution in [0.25, 0.3) is 0 Å². The summed E-state index contributed by atoms with van der Waals surface area (Å²) >= 11 is 2.69. The zero-order valence-corrected chi connectivity index (χ0v) is 19.7. The summed E-state index contributed by atoms with van der Waals surface area (Å²) in [5, 5.41) is 3.35. The maximum Gasteiger partial charge on any atom is 0.410 e. The summed E-state index contributed by atoms with van der Waals surface area (Å²) in [6.07, 6.45) is 4.09. The lowest BCUT2D eigenvalue weighted by Crippen LogP contribution is -2.36. The number of rotatable bonds is 5. The Labute approximate surface area is 185 Å². The van der Waals surface area contributed by atoms with Crippen LogP contribution in [0.4, 0.5) is 9.93 Å². The van der Waals surface area contributed by atoms with E-state index in [0.29, 0.717) is 23.1 Å². The summed E-state index contributed by atoms with van der Waals surface area (Å²) in [7, 11) is 0. The lowest BCUT2D eigenvalue weighted by atomic mass is 10.0. The van der Waals surface area contributed by atoms with E-state index in [0.717, 1.165) is 29.7 Å². The molecule has 162 valence electrons. The van der Waals surface area contributed by atoms with Crippen LogP contribution in [0, 0.1) is 0 Å². The largest absolute Gasteiger partial charge is 0.444 e. The summed E-state index contributed by atoms with van der Waals surface area (Å²) in [5.74, 6) is 0.495. The van der Waals surface area contributed by atoms with Crippen molar-refractivity contribution in [2.45, 2.75) is 63.5 Å². The Morgan fingerprint density at radius 3 is 2.77 bits per heavy atom. The zero-order chi connectivity index (χ0) is 21.9. The van der Waals surface area contributed by atoms with E-state index in [1.165, 1.54) is 23.3 Å². The van der Waals surface area contributed by atoms with Crippen LogP contribution in [0.5, 0.6) is 0 Å². The number of anilines is 1. The van der Waals surface area contributed by atoms with E-state index in [9.17, 15) is 9.59 Å². The molecule has 0 radical (unpaired) electrons. The number of aromatic nitrogens is 2. The topological polar surface area (TPSA) is 84.4 Å². The molecule has 1 fully saturated rings. The first kappa shape index (κ1) is 22.6. The fourth-order valence-corrected chi connectivity index (χ4v) is 4.60. The normalized spacial score (nSPS) is 16.6. The first-order valence-corrected chi connectivity index (χ1v) is 12.0. The van der Waals surface area contributed by atoms with Gasteiger partial charge in [0.1, 0.15) is 11.4 Å². The molecule has 7 nitrogen and oxygen atoms in total. The second-order valence-corrected chi connectivity index (χ2v) is 9.71. The first-order valence-electron chi connectivity index (χ1n) is 10.0. The first-order chi connectivity index (χ1) is 14.2. The maximum absolute atomic E-state index is 13.0. The predicted molar refractivity (Wildman–Crippen MR) is 120 cm³/mol. The Balaban J connectivity index is 1.84. The fraction of sp³-hybridized carbons (Fsp3) is 0.524. The van der Waals surface area contributed by atoms with Crippen molar-refractivity contribution < 1.29 is 14.3 Å². The third-order valence-electron chi connectivity index (χ3n) is 4.74. The van der Waals surface area contributed by atoms with Crippen molar-refractivity contribution in [3.63, 3.8) is 0 Å². The molecule has 2 amide bonds. The van der Waals surface area contributed by atoms with Crippen molar-refractivity contribution >= 4 is 40.4 Å². The van der Waals surface area contributed by atoms with E-state index >= 15 is 0 Å². The van der Waals surface area contributed by atoms with Crippen molar-refractivity contribution in [1.29, 1.82) is 0 Å². The number of likely N-dealkylation sites (tertiary alicyclic amines) is 1. The van der Waals surface area contributed by atoms with Crippen LogP contribution >= 0.6 is 23.3 Å². The molecule has 1 N–H and O–H groups in total. The van der Waals surface area contributed by atoms with Gasteiger partial charge in [-0.25, -0.2) is 9.78 Å². The van der Waals surface area contributed by atoms with E-state index < -0.39 is 5.60 Å². The van der Waals surface area contributed by atoms with Gasteiger partial charge in [-0.1, -0.05) is 13.0 Å². The van der Waals surface area contributed by atoms with Gasteiger partial charge in [0.05, 0.1) is 11.6 Å². The molecule has 1 unspecified atom stereocenters. The number of nitrogens with zero attached hydrogens (tertiary/aromatic N) is 3. The van der Waals surface area contributed by atoms with Crippen LogP contribution in [0.2, 0.25) is 0 Å². The summed E-state index contributed by atoms with van der Waals surface area (Å²) in [5.41, 5.74) is 0.967. The molecule has 0 bridgehead atoms. The van der Waals surface area contributed by atoms with Gasteiger partial charge in [-0.15, -0.1) is 11.8 Å². The van der Waals surface area contributed by atoms with Gasteiger partial charge < -0.3 is 9.64 Å². The summed E-state index contributed by atoms with van der Waals surface area (Å²) < 4.78 is 9.79. The van der Waals surface area contributed by atoms with Gasteiger partial charge in [-0.3, -0.25) is 10.1 Å². The van der Waals surface area contributed by atoms with Crippen molar-refractivity contribution in [2.24, 2.45) is 0 Å². The van der Waals surface area contributed by atoms with E-state index in [-0.39, 0.29) is 18.0 Å². The molecule has 1 aliphatic rings. The van der Waals surface area contributed by atoms with E-state index in [1.54, 1.807) is 4.90 Å². The molecule has 0 spiro atoms. The number of thioether (sulfide) groups is 1. The van der Waals surface area contributed by atoms with Crippen molar-refractivity contribution in [3.05, 3.63) is 35.2 Å². The second-order valence-electron chi connectivity index (χ2n) is 8.11. The second kappa shape index (κ2) is 9.34. The number of ether oxygens (including phenoxy) is 1. The molecular weight excluding hydrogens is 420 g/mol. The Morgan fingerprint density at radius 2 is 2.13 bits per heavy atom. The zero-order valence-electron chi connectivity index (χ0n) is 18.0. The minimum atomic E-state index is -0.545. The fourth-order valence-electron chi connectivity index (χ4n) is 3.38. The molecule has 1 saturated heterocycles. The summed E-state index contributed by atoms with van der Waals surface area (Å²) in [4.78, 5) is 32.6. The van der Waals surface area contributed by atoms with Crippen molar-refractivity contribution in [3.8, 4) is 0 Å². The molecule has 30 heavy (non-hydrogen) atoms. The van der Waals surface area contributed by atoms with Crippen LogP contribution in [0.1, 0.15) is 68.3 Å². The summed E-state index contributed by atoms with van der Waals surface area (Å²) in [6.45, 7) is 8.21. The molecule has 1 atom stereocenters. The van der Waals surface area contributed by atoms with Gasteiger partial charge >= 0.3 is 6.09 Å². The highest BCUT2D eigenvalue weighted by Crippen LogP contribution is 2.35. The van der Waals surface area contributed by atoms with Crippen molar-refractivity contribution in [2.75, 3.05) is 18.1 Å². The molecule has 0 saturated carbocycles. The molecular formula is C21H28N4O3S2. The smallest absolute Gasteiger partial charge is 0.410 e. The quantitative estimate of drug-likeness (QED) is 0.637. The minimum absolute atomic E-state index is 0.101. The van der Waals surface area contributed by atoms with E-state index in [4.69, 9.17) is 4.74 Å². The molecule has 2 heterocycles. The average molecular weight is 449 g/mol. The Morgan fingerprint density at radius 1 is 1.37 bits per heavy atom. The lowest BCUT2D eigenvalue weighted by Gasteiger charge is -2.29. The Kier molecular flexibility index (Phi) is 7.02. The maximum atomic E-state index is 13.0. The van der Waals surface area contributed by atoms with Crippen molar-refractivity contribution in [1.82, 2.24) is 14.3 Å². The third kappa shape index (κ3) is 5.31. The SMILES string of the molecule is CCc1nsc(NC(=O)c2cc(C3CCCN3C(=O)OC(C)(C)C)ccc2SC)n1. The van der Waals surface area contributed by atoms with Gasteiger partial charge in [0.15, 0.2) is 0 Å². The predicted octanol–water partition coefficient (Wildman–Crippen LogP) is 5.15. The van der Waals surface area contributed by atoms with E-state index in [1.807, 2.05) is 52.1 Å². The summed E-state index contributed by atoms with van der Waals surface area (Å²) in [6, 6.07) is 5.72. The number of carbonyl (C=O) groups is 2. The number of hydrogen-bond acceptors (Lipinski definition) is 7. The number of amides is 2. The highest BCUT2D eigenvalue weighted by atomic mass is 32.2. The van der Waals surface area contributed by atoms with Gasteiger partial charge in [0, 0.05) is 29.4 Å². The van der Waals surface area contributed by atoms with Gasteiger partial charge in [0.2, 0.25) is 5.13 Å². The number of carbonyl (C=O) groups excluding carboxylic acids is 2. The number of hydrogen-bond donors (Lipinski definition) is 1. The molecule has 0 aliphatic carbocycles. The van der Waals surface area contributed by atoms with Crippen LogP contribution in [0.15, 0.2) is 23.1 Å². The number of aryl methyl sites for hydroxylation is 1. The van der Waals surface area contributed by atoms with Crippen LogP contribution < -0.4 is 5.32 Å². The standard InChI is InChI=1S/C21H28N4O3S2/c1-6-17-22-19(30-24-17)23-18(26)14-12-13(9-10-16(14)29-5)15-8-7-11-25(15)20(27)28-21(2,3)4/h9-10,12,15H,6-8,11H2,1-5H3,(H,22,23,24,26). The number of nitrogens with one attached hydrogen (secondary N) is 1. The molecule has 2 aromatic rings. The van der Waals surface area contributed by atoms with Crippen LogP contribution in [-0.2, 0) is 11.2 Å². The van der Waals surface area contributed by atoms with Gasteiger partial charge in [0.25, 0.3) is 5.91 Å².